The third kappa shape index (κ3) is 2.68. The fraction of sp³-hybridized carbons (Fsp3) is 1.00. The third-order valence-corrected chi connectivity index (χ3v) is 4.84. The van der Waals surface area contributed by atoms with Crippen LogP contribution in [0.1, 0.15) is 39.0 Å². The summed E-state index contributed by atoms with van der Waals surface area (Å²) >= 11 is 0. The second-order valence-corrected chi connectivity index (χ2v) is 5.92. The lowest BCUT2D eigenvalue weighted by atomic mass is 10.3. The molecule has 0 radical (unpaired) electrons. The van der Waals surface area contributed by atoms with Crippen molar-refractivity contribution in [1.82, 2.24) is 4.31 Å². The molecule has 0 atom stereocenters. The Morgan fingerprint density at radius 2 is 1.85 bits per heavy atom. The Morgan fingerprint density at radius 1 is 1.31 bits per heavy atom. The zero-order chi connectivity index (χ0) is 9.90. The molecule has 1 rings (SSSR count). The van der Waals surface area contributed by atoms with E-state index in [9.17, 15) is 8.42 Å². The van der Waals surface area contributed by atoms with Crippen LogP contribution in [0.15, 0.2) is 0 Å². The van der Waals surface area contributed by atoms with Crippen molar-refractivity contribution in [3.8, 4) is 0 Å². The molecule has 0 bridgehead atoms. The summed E-state index contributed by atoms with van der Waals surface area (Å²) in [4.78, 5) is 0. The molecular formula is C9H19NO2S. The summed E-state index contributed by atoms with van der Waals surface area (Å²) in [7, 11) is -1.24. The highest BCUT2D eigenvalue weighted by Crippen LogP contribution is 2.24. The van der Waals surface area contributed by atoms with Gasteiger partial charge in [0.15, 0.2) is 0 Å². The van der Waals surface area contributed by atoms with E-state index in [0.717, 1.165) is 12.8 Å². The summed E-state index contributed by atoms with van der Waals surface area (Å²) in [6, 6.07) is 0.275. The Morgan fingerprint density at radius 3 is 2.31 bits per heavy atom. The minimum absolute atomic E-state index is 0.275. The van der Waals surface area contributed by atoms with Crippen molar-refractivity contribution < 1.29 is 8.42 Å². The molecule has 0 N–H and O–H groups in total. The molecule has 3 nitrogen and oxygen atoms in total. The van der Waals surface area contributed by atoms with Gasteiger partial charge in [-0.05, 0) is 19.3 Å². The first-order chi connectivity index (χ1) is 6.08. The third-order valence-electron chi connectivity index (χ3n) is 2.74. The number of hydrogen-bond donors (Lipinski definition) is 0. The van der Waals surface area contributed by atoms with Crippen LogP contribution in [0.5, 0.6) is 0 Å². The molecule has 0 unspecified atom stereocenters. The maximum absolute atomic E-state index is 11.6. The smallest absolute Gasteiger partial charge is 0.212 e. The molecule has 0 aliphatic heterocycles. The van der Waals surface area contributed by atoms with Gasteiger partial charge in [0.05, 0.1) is 5.75 Å². The van der Waals surface area contributed by atoms with Crippen LogP contribution in [0.3, 0.4) is 0 Å². The average molecular weight is 205 g/mol. The van der Waals surface area contributed by atoms with Gasteiger partial charge in [0.1, 0.15) is 0 Å². The van der Waals surface area contributed by atoms with Crippen molar-refractivity contribution in [1.29, 1.82) is 0 Å². The normalized spacial score (nSPS) is 19.9. The monoisotopic (exact) mass is 205 g/mol. The average Bonchev–Trinajstić information content (AvgIpc) is 2.54. The molecular weight excluding hydrogens is 186 g/mol. The summed E-state index contributed by atoms with van der Waals surface area (Å²) in [6.07, 6.45) is 5.14. The molecule has 78 valence electrons. The summed E-state index contributed by atoms with van der Waals surface area (Å²) in [5.41, 5.74) is 0. The van der Waals surface area contributed by atoms with E-state index in [4.69, 9.17) is 0 Å². The van der Waals surface area contributed by atoms with E-state index in [2.05, 4.69) is 0 Å². The number of sulfonamides is 1. The van der Waals surface area contributed by atoms with Crippen molar-refractivity contribution in [3.05, 3.63) is 0 Å². The van der Waals surface area contributed by atoms with E-state index >= 15 is 0 Å². The molecule has 0 amide bonds. The van der Waals surface area contributed by atoms with Crippen LogP contribution in [-0.2, 0) is 10.0 Å². The van der Waals surface area contributed by atoms with E-state index in [1.165, 1.54) is 12.8 Å². The lowest BCUT2D eigenvalue weighted by Gasteiger charge is -2.23. The van der Waals surface area contributed by atoms with Crippen LogP contribution in [0.25, 0.3) is 0 Å². The zero-order valence-electron chi connectivity index (χ0n) is 8.49. The van der Waals surface area contributed by atoms with Gasteiger partial charge in [-0.1, -0.05) is 19.8 Å². The quantitative estimate of drug-likeness (QED) is 0.699. The molecule has 1 aliphatic rings. The van der Waals surface area contributed by atoms with Crippen LogP contribution >= 0.6 is 0 Å². The fourth-order valence-corrected chi connectivity index (χ4v) is 3.37. The van der Waals surface area contributed by atoms with E-state index in [1.807, 2.05) is 6.92 Å². The van der Waals surface area contributed by atoms with Crippen molar-refractivity contribution >= 4 is 10.0 Å². The molecule has 0 spiro atoms. The highest BCUT2D eigenvalue weighted by atomic mass is 32.2. The van der Waals surface area contributed by atoms with Gasteiger partial charge in [-0.3, -0.25) is 0 Å². The summed E-state index contributed by atoms with van der Waals surface area (Å²) in [6.45, 7) is 1.90. The van der Waals surface area contributed by atoms with Gasteiger partial charge in [0.2, 0.25) is 10.0 Å². The van der Waals surface area contributed by atoms with Crippen molar-refractivity contribution in [2.75, 3.05) is 12.8 Å². The molecule has 13 heavy (non-hydrogen) atoms. The molecule has 0 saturated heterocycles. The van der Waals surface area contributed by atoms with Crippen LogP contribution in [0.2, 0.25) is 0 Å². The van der Waals surface area contributed by atoms with Gasteiger partial charge < -0.3 is 0 Å². The van der Waals surface area contributed by atoms with Crippen LogP contribution in [0.4, 0.5) is 0 Å². The van der Waals surface area contributed by atoms with Crippen LogP contribution < -0.4 is 0 Å². The van der Waals surface area contributed by atoms with E-state index < -0.39 is 10.0 Å². The Balaban J connectivity index is 2.59. The Kier molecular flexibility index (Phi) is 3.74. The molecule has 1 aliphatic carbocycles. The van der Waals surface area contributed by atoms with Gasteiger partial charge in [0.25, 0.3) is 0 Å². The van der Waals surface area contributed by atoms with E-state index in [-0.39, 0.29) is 6.04 Å². The Bertz CT molecular complexity index is 242. The Hall–Kier alpha value is -0.0900. The molecule has 1 fully saturated rings. The van der Waals surface area contributed by atoms with Crippen molar-refractivity contribution in [2.45, 2.75) is 45.1 Å². The molecule has 0 aromatic heterocycles. The Labute approximate surface area is 81.2 Å². The van der Waals surface area contributed by atoms with Crippen LogP contribution in [0, 0.1) is 0 Å². The van der Waals surface area contributed by atoms with Gasteiger partial charge in [-0.25, -0.2) is 12.7 Å². The lowest BCUT2D eigenvalue weighted by molar-refractivity contribution is 0.373. The maximum Gasteiger partial charge on any atom is 0.214 e. The van der Waals surface area contributed by atoms with E-state index in [1.54, 1.807) is 11.4 Å². The minimum Gasteiger partial charge on any atom is -0.212 e. The molecule has 0 heterocycles. The molecule has 0 aromatic rings. The summed E-state index contributed by atoms with van der Waals surface area (Å²) < 4.78 is 24.9. The highest BCUT2D eigenvalue weighted by Gasteiger charge is 2.27. The number of rotatable bonds is 4. The largest absolute Gasteiger partial charge is 0.214 e. The molecule has 4 heteroatoms. The summed E-state index contributed by atoms with van der Waals surface area (Å²) in [5, 5.41) is 0. The predicted molar refractivity (Wildman–Crippen MR) is 54.1 cm³/mol. The lowest BCUT2D eigenvalue weighted by Crippen LogP contribution is -2.36. The van der Waals surface area contributed by atoms with Crippen molar-refractivity contribution in [3.63, 3.8) is 0 Å². The topological polar surface area (TPSA) is 37.4 Å². The zero-order valence-corrected chi connectivity index (χ0v) is 9.31. The molecule has 1 saturated carbocycles. The van der Waals surface area contributed by atoms with Gasteiger partial charge in [-0.2, -0.15) is 0 Å². The second kappa shape index (κ2) is 4.42. The standard InChI is InChI=1S/C9H19NO2S/c1-3-8-13(11,12)10(2)9-6-4-5-7-9/h9H,3-8H2,1-2H3. The van der Waals surface area contributed by atoms with Crippen molar-refractivity contribution in [2.24, 2.45) is 0 Å². The first-order valence-corrected chi connectivity index (χ1v) is 6.64. The fourth-order valence-electron chi connectivity index (χ4n) is 1.90. The first kappa shape index (κ1) is 11.0. The SMILES string of the molecule is CCCS(=O)(=O)N(C)C1CCCC1. The molecule has 0 aromatic carbocycles. The number of hydrogen-bond acceptors (Lipinski definition) is 2. The predicted octanol–water partition coefficient (Wildman–Crippen LogP) is 1.60. The van der Waals surface area contributed by atoms with Gasteiger partial charge in [0, 0.05) is 13.1 Å². The highest BCUT2D eigenvalue weighted by molar-refractivity contribution is 7.89. The van der Waals surface area contributed by atoms with Gasteiger partial charge >= 0.3 is 0 Å². The number of nitrogens with zero attached hydrogens (tertiary/aromatic N) is 1. The first-order valence-electron chi connectivity index (χ1n) is 5.03. The second-order valence-electron chi connectivity index (χ2n) is 3.77. The van der Waals surface area contributed by atoms with E-state index in [0.29, 0.717) is 12.2 Å². The van der Waals surface area contributed by atoms with Crippen LogP contribution in [-0.4, -0.2) is 31.6 Å². The van der Waals surface area contributed by atoms with Gasteiger partial charge in [-0.15, -0.1) is 0 Å². The minimum atomic E-state index is -2.96. The summed E-state index contributed by atoms with van der Waals surface area (Å²) in [5.74, 6) is 0.292. The maximum atomic E-state index is 11.6.